The van der Waals surface area contributed by atoms with Crippen LogP contribution in [-0.4, -0.2) is 38.2 Å². The topological polar surface area (TPSA) is 77.2 Å². The number of aromatic nitrogens is 3. The number of rotatable bonds is 4. The molecule has 0 N–H and O–H groups in total. The minimum absolute atomic E-state index is 0.179. The third kappa shape index (κ3) is 3.68. The van der Waals surface area contributed by atoms with Crippen molar-refractivity contribution in [1.82, 2.24) is 19.2 Å². The number of benzene rings is 2. The van der Waals surface area contributed by atoms with Crippen LogP contribution in [-0.2, 0) is 6.54 Å². The summed E-state index contributed by atoms with van der Waals surface area (Å²) in [4.78, 5) is 40.7. The molecule has 1 fully saturated rings. The number of likely N-dealkylation sites (tertiary alicyclic amines) is 1. The van der Waals surface area contributed by atoms with E-state index in [1.807, 2.05) is 6.92 Å². The lowest BCUT2D eigenvalue weighted by Gasteiger charge is -2.17. The van der Waals surface area contributed by atoms with Crippen LogP contribution in [0.15, 0.2) is 58.1 Å². The van der Waals surface area contributed by atoms with E-state index in [0.717, 1.165) is 27.7 Å². The van der Waals surface area contributed by atoms with Gasteiger partial charge in [0.2, 0.25) is 5.69 Å². The van der Waals surface area contributed by atoms with Gasteiger partial charge in [0, 0.05) is 18.7 Å². The van der Waals surface area contributed by atoms with Gasteiger partial charge >= 0.3 is 5.69 Å². The Kier molecular flexibility index (Phi) is 5.31. The zero-order valence-corrected chi connectivity index (χ0v) is 16.5. The maximum Gasteiger partial charge on any atom is 0.352 e. The van der Waals surface area contributed by atoms with E-state index in [2.05, 4.69) is 5.10 Å². The summed E-state index contributed by atoms with van der Waals surface area (Å²) in [6.07, 6.45) is 1.71. The fourth-order valence-electron chi connectivity index (χ4n) is 3.51. The highest BCUT2D eigenvalue weighted by Crippen LogP contribution is 2.12. The second-order valence-electron chi connectivity index (χ2n) is 7.36. The van der Waals surface area contributed by atoms with Crippen LogP contribution in [0.2, 0.25) is 0 Å². The molecule has 0 spiro atoms. The van der Waals surface area contributed by atoms with Gasteiger partial charge in [0.1, 0.15) is 5.82 Å². The predicted octanol–water partition coefficient (Wildman–Crippen LogP) is 2.13. The van der Waals surface area contributed by atoms with Crippen LogP contribution >= 0.6 is 0 Å². The summed E-state index contributed by atoms with van der Waals surface area (Å²) in [6, 6.07) is 12.9. The molecule has 3 aromatic rings. The molecule has 8 heteroatoms. The molecule has 2 aromatic carbocycles. The lowest BCUT2D eigenvalue weighted by atomic mass is 10.2. The highest BCUT2D eigenvalue weighted by Gasteiger charge is 2.27. The number of nitrogens with zero attached hydrogens (tertiary/aromatic N) is 4. The van der Waals surface area contributed by atoms with Crippen molar-refractivity contribution in [3.05, 3.63) is 92.0 Å². The van der Waals surface area contributed by atoms with Crippen LogP contribution in [0, 0.1) is 12.7 Å². The molecule has 0 unspecified atom stereocenters. The van der Waals surface area contributed by atoms with Gasteiger partial charge in [0.25, 0.3) is 11.5 Å². The molecule has 0 radical (unpaired) electrons. The van der Waals surface area contributed by atoms with Crippen LogP contribution in [0.4, 0.5) is 4.39 Å². The van der Waals surface area contributed by atoms with Gasteiger partial charge in [0.05, 0.1) is 12.2 Å². The Morgan fingerprint density at radius 1 is 1.03 bits per heavy atom. The molecule has 4 rings (SSSR count). The van der Waals surface area contributed by atoms with E-state index >= 15 is 0 Å². The largest absolute Gasteiger partial charge is 0.352 e. The average molecular weight is 408 g/mol. The number of hydrogen-bond acceptors (Lipinski definition) is 4. The normalized spacial score (nSPS) is 13.6. The average Bonchev–Trinajstić information content (AvgIpc) is 3.28. The second-order valence-corrected chi connectivity index (χ2v) is 7.36. The van der Waals surface area contributed by atoms with Gasteiger partial charge in [-0.05, 0) is 38.0 Å². The molecule has 0 bridgehead atoms. The third-order valence-electron chi connectivity index (χ3n) is 5.22. The number of halogens is 1. The SMILES string of the molecule is Cc1ccc(-n2nc(C(=O)N3CCCC3)c(=O)n(Cc3ccccc3F)c2=O)cc1. The lowest BCUT2D eigenvalue weighted by Crippen LogP contribution is -2.46. The number of carbonyl (C=O) groups is 1. The van der Waals surface area contributed by atoms with Gasteiger partial charge in [-0.1, -0.05) is 35.9 Å². The predicted molar refractivity (Wildman–Crippen MR) is 109 cm³/mol. The first kappa shape index (κ1) is 19.8. The monoisotopic (exact) mass is 408 g/mol. The van der Waals surface area contributed by atoms with Crippen molar-refractivity contribution in [2.75, 3.05) is 13.1 Å². The van der Waals surface area contributed by atoms with Crippen LogP contribution < -0.4 is 11.2 Å². The Bertz CT molecular complexity index is 1210. The molecule has 1 aliphatic rings. The molecule has 1 saturated heterocycles. The summed E-state index contributed by atoms with van der Waals surface area (Å²) < 4.78 is 16.1. The number of carbonyl (C=O) groups excluding carboxylic acids is 1. The quantitative estimate of drug-likeness (QED) is 0.663. The molecule has 30 heavy (non-hydrogen) atoms. The number of amides is 1. The maximum atomic E-state index is 14.2. The first-order valence-electron chi connectivity index (χ1n) is 9.79. The fourth-order valence-corrected chi connectivity index (χ4v) is 3.51. The van der Waals surface area contributed by atoms with E-state index in [1.165, 1.54) is 18.2 Å². The standard InChI is InChI=1S/C22H21FN4O3/c1-15-8-10-17(11-9-15)27-22(30)26(14-16-6-2-3-7-18(16)23)21(29)19(24-27)20(28)25-12-4-5-13-25/h2-3,6-11H,4-5,12-14H2,1H3. The Morgan fingerprint density at radius 2 is 1.70 bits per heavy atom. The molecule has 0 saturated carbocycles. The summed E-state index contributed by atoms with van der Waals surface area (Å²) >= 11 is 0. The van der Waals surface area contributed by atoms with Crippen LogP contribution in [0.3, 0.4) is 0 Å². The minimum Gasteiger partial charge on any atom is -0.337 e. The van der Waals surface area contributed by atoms with Gasteiger partial charge < -0.3 is 4.90 Å². The molecular weight excluding hydrogens is 387 g/mol. The van der Waals surface area contributed by atoms with E-state index in [1.54, 1.807) is 35.2 Å². The van der Waals surface area contributed by atoms with Gasteiger partial charge in [-0.15, -0.1) is 0 Å². The van der Waals surface area contributed by atoms with E-state index in [4.69, 9.17) is 0 Å². The summed E-state index contributed by atoms with van der Waals surface area (Å²) in [5.74, 6) is -1.05. The highest BCUT2D eigenvalue weighted by molar-refractivity contribution is 5.92. The van der Waals surface area contributed by atoms with Gasteiger partial charge in [-0.2, -0.15) is 9.78 Å². The van der Waals surface area contributed by atoms with Crippen molar-refractivity contribution in [2.24, 2.45) is 0 Å². The van der Waals surface area contributed by atoms with Gasteiger partial charge in [-0.3, -0.25) is 14.2 Å². The first-order valence-corrected chi connectivity index (χ1v) is 9.79. The zero-order valence-electron chi connectivity index (χ0n) is 16.5. The second kappa shape index (κ2) is 8.06. The van der Waals surface area contributed by atoms with E-state index < -0.39 is 23.0 Å². The fraction of sp³-hybridized carbons (Fsp3) is 0.273. The van der Waals surface area contributed by atoms with Crippen molar-refractivity contribution >= 4 is 5.91 Å². The Balaban J connectivity index is 1.90. The molecule has 1 aliphatic heterocycles. The highest BCUT2D eigenvalue weighted by atomic mass is 19.1. The summed E-state index contributed by atoms with van der Waals surface area (Å²) in [5, 5.41) is 4.13. The molecule has 0 aliphatic carbocycles. The Morgan fingerprint density at radius 3 is 2.37 bits per heavy atom. The number of hydrogen-bond donors (Lipinski definition) is 0. The summed E-state index contributed by atoms with van der Waals surface area (Å²) in [6.45, 7) is 2.69. The van der Waals surface area contributed by atoms with Crippen LogP contribution in [0.5, 0.6) is 0 Å². The molecule has 7 nitrogen and oxygen atoms in total. The molecule has 154 valence electrons. The smallest absolute Gasteiger partial charge is 0.337 e. The van der Waals surface area contributed by atoms with Crippen molar-refractivity contribution in [3.63, 3.8) is 0 Å². The van der Waals surface area contributed by atoms with E-state index in [-0.39, 0.29) is 17.8 Å². The molecule has 1 amide bonds. The van der Waals surface area contributed by atoms with Crippen LogP contribution in [0.25, 0.3) is 5.69 Å². The van der Waals surface area contributed by atoms with Crippen molar-refractivity contribution < 1.29 is 9.18 Å². The van der Waals surface area contributed by atoms with Crippen molar-refractivity contribution in [1.29, 1.82) is 0 Å². The molecular formula is C22H21FN4O3. The third-order valence-corrected chi connectivity index (χ3v) is 5.22. The Hall–Kier alpha value is -3.55. The lowest BCUT2D eigenvalue weighted by molar-refractivity contribution is 0.0781. The first-order chi connectivity index (χ1) is 14.5. The van der Waals surface area contributed by atoms with E-state index in [0.29, 0.717) is 18.8 Å². The Labute approximate surface area is 172 Å². The minimum atomic E-state index is -0.816. The number of aryl methyl sites for hydroxylation is 1. The zero-order chi connectivity index (χ0) is 21.3. The van der Waals surface area contributed by atoms with Crippen molar-refractivity contribution in [2.45, 2.75) is 26.3 Å². The molecule has 1 aromatic heterocycles. The van der Waals surface area contributed by atoms with Crippen molar-refractivity contribution in [3.8, 4) is 5.69 Å². The molecule has 2 heterocycles. The molecule has 0 atom stereocenters. The maximum absolute atomic E-state index is 14.2. The van der Waals surface area contributed by atoms with Crippen LogP contribution in [0.1, 0.15) is 34.5 Å². The van der Waals surface area contributed by atoms with E-state index in [9.17, 15) is 18.8 Å². The van der Waals surface area contributed by atoms with Gasteiger partial charge in [-0.25, -0.2) is 9.18 Å². The van der Waals surface area contributed by atoms with Gasteiger partial charge in [0.15, 0.2) is 0 Å². The summed E-state index contributed by atoms with van der Waals surface area (Å²) in [7, 11) is 0. The summed E-state index contributed by atoms with van der Waals surface area (Å²) in [5.41, 5.74) is -0.303.